The fraction of sp³-hybridized carbons (Fsp3) is 0.647. The fourth-order valence-electron chi connectivity index (χ4n) is 3.62. The van der Waals surface area contributed by atoms with E-state index in [1.165, 1.54) is 54.9 Å². The van der Waals surface area contributed by atoms with Gasteiger partial charge < -0.3 is 5.32 Å². The topological polar surface area (TPSA) is 12.0 Å². The van der Waals surface area contributed by atoms with Gasteiger partial charge in [0.15, 0.2) is 0 Å². The maximum atomic E-state index is 6.19. The van der Waals surface area contributed by atoms with Gasteiger partial charge in [-0.15, -0.1) is 11.8 Å². The minimum atomic E-state index is 0.518. The van der Waals surface area contributed by atoms with Crippen molar-refractivity contribution < 1.29 is 0 Å². The molecular formula is C17H22ClNS. The first kappa shape index (κ1) is 13.5. The second kappa shape index (κ2) is 5.55. The predicted octanol–water partition coefficient (Wildman–Crippen LogP) is 4.90. The third-order valence-corrected chi connectivity index (χ3v) is 6.42. The average molecular weight is 308 g/mol. The van der Waals surface area contributed by atoms with Gasteiger partial charge in [-0.1, -0.05) is 11.6 Å². The first-order valence-electron chi connectivity index (χ1n) is 7.97. The van der Waals surface area contributed by atoms with E-state index in [4.69, 9.17) is 11.6 Å². The van der Waals surface area contributed by atoms with E-state index >= 15 is 0 Å². The highest BCUT2D eigenvalue weighted by Crippen LogP contribution is 2.49. The Morgan fingerprint density at radius 1 is 1.15 bits per heavy atom. The summed E-state index contributed by atoms with van der Waals surface area (Å²) in [6.45, 7) is 1.22. The van der Waals surface area contributed by atoms with Gasteiger partial charge in [-0.3, -0.25) is 0 Å². The SMILES string of the molecule is Clc1ccc2c(c1)C(NCC(C1CC1)C1CC1)CCS2. The van der Waals surface area contributed by atoms with E-state index in [1.54, 1.807) is 0 Å². The molecule has 0 saturated heterocycles. The molecule has 0 bridgehead atoms. The largest absolute Gasteiger partial charge is 0.310 e. The van der Waals surface area contributed by atoms with Crippen molar-refractivity contribution in [3.05, 3.63) is 28.8 Å². The Bertz CT molecular complexity index is 484. The quantitative estimate of drug-likeness (QED) is 0.830. The van der Waals surface area contributed by atoms with Crippen LogP contribution in [0, 0.1) is 17.8 Å². The molecule has 1 aromatic rings. The standard InChI is InChI=1S/C17H22ClNS/c18-13-5-6-17-14(9-13)16(7-8-20-17)19-10-15(11-1-2-11)12-3-4-12/h5-6,9,11-12,15-16,19H,1-4,7-8,10H2. The van der Waals surface area contributed by atoms with E-state index in [0.29, 0.717) is 6.04 Å². The van der Waals surface area contributed by atoms with E-state index in [1.807, 2.05) is 17.8 Å². The number of halogens is 1. The highest BCUT2D eigenvalue weighted by molar-refractivity contribution is 7.99. The monoisotopic (exact) mass is 307 g/mol. The average Bonchev–Trinajstić information content (AvgIpc) is 3.33. The Balaban J connectivity index is 1.45. The number of benzene rings is 1. The van der Waals surface area contributed by atoms with Gasteiger partial charge in [0, 0.05) is 16.0 Å². The Kier molecular flexibility index (Phi) is 3.74. The van der Waals surface area contributed by atoms with Crippen LogP contribution in [0.5, 0.6) is 0 Å². The molecule has 2 aliphatic carbocycles. The third-order valence-electron chi connectivity index (χ3n) is 5.07. The van der Waals surface area contributed by atoms with Gasteiger partial charge in [-0.2, -0.15) is 0 Å². The molecule has 108 valence electrons. The molecule has 0 spiro atoms. The van der Waals surface area contributed by atoms with Crippen LogP contribution >= 0.6 is 23.4 Å². The predicted molar refractivity (Wildman–Crippen MR) is 86.5 cm³/mol. The summed E-state index contributed by atoms with van der Waals surface area (Å²) in [5, 5.41) is 4.75. The molecule has 1 nitrogen and oxygen atoms in total. The lowest BCUT2D eigenvalue weighted by atomic mass is 9.96. The van der Waals surface area contributed by atoms with Crippen LogP contribution in [0.4, 0.5) is 0 Å². The van der Waals surface area contributed by atoms with Gasteiger partial charge in [0.1, 0.15) is 0 Å². The maximum Gasteiger partial charge on any atom is 0.0410 e. The molecule has 1 heterocycles. The fourth-order valence-corrected chi connectivity index (χ4v) is 4.91. The number of rotatable bonds is 5. The smallest absolute Gasteiger partial charge is 0.0410 e. The second-order valence-electron chi connectivity index (χ2n) is 6.62. The molecular weight excluding hydrogens is 286 g/mol. The van der Waals surface area contributed by atoms with E-state index in [2.05, 4.69) is 17.4 Å². The second-order valence-corrected chi connectivity index (χ2v) is 8.19. The third kappa shape index (κ3) is 2.88. The molecule has 1 atom stereocenters. The number of fused-ring (bicyclic) bond motifs is 1. The molecule has 0 aromatic heterocycles. The Morgan fingerprint density at radius 3 is 2.60 bits per heavy atom. The zero-order valence-electron chi connectivity index (χ0n) is 11.8. The normalized spacial score (nSPS) is 25.8. The molecule has 1 N–H and O–H groups in total. The van der Waals surface area contributed by atoms with Crippen molar-refractivity contribution in [2.24, 2.45) is 17.8 Å². The molecule has 2 fully saturated rings. The molecule has 3 aliphatic rings. The molecule has 1 aromatic carbocycles. The minimum absolute atomic E-state index is 0.518. The van der Waals surface area contributed by atoms with Crippen LogP contribution < -0.4 is 5.32 Å². The van der Waals surface area contributed by atoms with Gasteiger partial charge in [0.2, 0.25) is 0 Å². The lowest BCUT2D eigenvalue weighted by Crippen LogP contribution is -2.31. The number of thioether (sulfide) groups is 1. The van der Waals surface area contributed by atoms with E-state index in [9.17, 15) is 0 Å². The lowest BCUT2D eigenvalue weighted by molar-refractivity contribution is 0.351. The molecule has 3 heteroatoms. The van der Waals surface area contributed by atoms with Crippen molar-refractivity contribution in [3.8, 4) is 0 Å². The number of nitrogens with one attached hydrogen (secondary N) is 1. The number of hydrogen-bond acceptors (Lipinski definition) is 2. The summed E-state index contributed by atoms with van der Waals surface area (Å²) < 4.78 is 0. The van der Waals surface area contributed by atoms with Crippen molar-refractivity contribution in [1.82, 2.24) is 5.32 Å². The summed E-state index contributed by atoms with van der Waals surface area (Å²) in [7, 11) is 0. The molecule has 4 rings (SSSR count). The Morgan fingerprint density at radius 2 is 1.90 bits per heavy atom. The minimum Gasteiger partial charge on any atom is -0.310 e. The first-order valence-corrected chi connectivity index (χ1v) is 9.33. The summed E-state index contributed by atoms with van der Waals surface area (Å²) in [4.78, 5) is 1.42. The van der Waals surface area contributed by atoms with Gasteiger partial charge >= 0.3 is 0 Å². The first-order chi connectivity index (χ1) is 9.81. The van der Waals surface area contributed by atoms with Crippen LogP contribution in [0.1, 0.15) is 43.7 Å². The van der Waals surface area contributed by atoms with Crippen LogP contribution in [0.3, 0.4) is 0 Å². The zero-order chi connectivity index (χ0) is 13.5. The van der Waals surface area contributed by atoms with Gasteiger partial charge in [0.25, 0.3) is 0 Å². The van der Waals surface area contributed by atoms with E-state index in [0.717, 1.165) is 22.8 Å². The summed E-state index contributed by atoms with van der Waals surface area (Å²) >= 11 is 8.16. The van der Waals surface area contributed by atoms with Gasteiger partial charge in [0.05, 0.1) is 0 Å². The van der Waals surface area contributed by atoms with Crippen molar-refractivity contribution in [1.29, 1.82) is 0 Å². The molecule has 0 amide bonds. The molecule has 20 heavy (non-hydrogen) atoms. The molecule has 1 unspecified atom stereocenters. The van der Waals surface area contributed by atoms with Crippen LogP contribution in [0.15, 0.2) is 23.1 Å². The lowest BCUT2D eigenvalue weighted by Gasteiger charge is -2.28. The summed E-state index contributed by atoms with van der Waals surface area (Å²) in [5.41, 5.74) is 1.43. The molecule has 0 radical (unpaired) electrons. The van der Waals surface area contributed by atoms with E-state index in [-0.39, 0.29) is 0 Å². The summed E-state index contributed by atoms with van der Waals surface area (Å²) in [5.74, 6) is 4.25. The van der Waals surface area contributed by atoms with Crippen LogP contribution in [0.2, 0.25) is 5.02 Å². The maximum absolute atomic E-state index is 6.19. The summed E-state index contributed by atoms with van der Waals surface area (Å²) in [6.07, 6.45) is 7.15. The van der Waals surface area contributed by atoms with Gasteiger partial charge in [-0.25, -0.2) is 0 Å². The van der Waals surface area contributed by atoms with Crippen molar-refractivity contribution >= 4 is 23.4 Å². The zero-order valence-corrected chi connectivity index (χ0v) is 13.3. The van der Waals surface area contributed by atoms with Gasteiger partial charge in [-0.05, 0) is 85.9 Å². The van der Waals surface area contributed by atoms with Crippen LogP contribution in [-0.2, 0) is 0 Å². The Labute approximate surface area is 130 Å². The van der Waals surface area contributed by atoms with E-state index < -0.39 is 0 Å². The number of hydrogen-bond donors (Lipinski definition) is 1. The van der Waals surface area contributed by atoms with Crippen molar-refractivity contribution in [3.63, 3.8) is 0 Å². The van der Waals surface area contributed by atoms with Crippen molar-refractivity contribution in [2.75, 3.05) is 12.3 Å². The molecule has 1 aliphatic heterocycles. The van der Waals surface area contributed by atoms with Crippen molar-refractivity contribution in [2.45, 2.75) is 43.0 Å². The molecule has 2 saturated carbocycles. The van der Waals surface area contributed by atoms with Crippen LogP contribution in [0.25, 0.3) is 0 Å². The van der Waals surface area contributed by atoms with Crippen LogP contribution in [-0.4, -0.2) is 12.3 Å². The Hall–Kier alpha value is -0.180. The highest BCUT2D eigenvalue weighted by Gasteiger charge is 2.41. The summed E-state index contributed by atoms with van der Waals surface area (Å²) in [6, 6.07) is 6.90. The highest BCUT2D eigenvalue weighted by atomic mass is 35.5.